The molecule has 33 heavy (non-hydrogen) atoms. The number of nitrogens with zero attached hydrogens (tertiary/aromatic N) is 2. The number of piperidine rings is 1. The maximum atomic E-state index is 13.0. The summed E-state index contributed by atoms with van der Waals surface area (Å²) < 4.78 is 28.6. The lowest BCUT2D eigenvalue weighted by atomic mass is 9.97. The number of rotatable bonds is 8. The summed E-state index contributed by atoms with van der Waals surface area (Å²) in [6.07, 6.45) is 2.77. The average Bonchev–Trinajstić information content (AvgIpc) is 3.25. The van der Waals surface area contributed by atoms with Crippen LogP contribution in [-0.2, 0) is 21.2 Å². The normalized spacial score (nSPS) is 15.8. The van der Waals surface area contributed by atoms with Crippen molar-refractivity contribution < 1.29 is 13.2 Å². The first-order valence-electron chi connectivity index (χ1n) is 11.6. The topological polar surface area (TPSA) is 79.4 Å². The third kappa shape index (κ3) is 5.62. The van der Waals surface area contributed by atoms with Crippen LogP contribution < -0.4 is 5.32 Å². The summed E-state index contributed by atoms with van der Waals surface area (Å²) in [6, 6.07) is 15.2. The second-order valence-corrected chi connectivity index (χ2v) is 11.9. The van der Waals surface area contributed by atoms with Gasteiger partial charge in [-0.2, -0.15) is 4.31 Å². The Bertz CT molecular complexity index is 1160. The molecule has 1 aromatic heterocycles. The minimum Gasteiger partial charge on any atom is -0.356 e. The Morgan fingerprint density at radius 2 is 1.82 bits per heavy atom. The summed E-state index contributed by atoms with van der Waals surface area (Å²) in [5, 5.41) is 4.12. The van der Waals surface area contributed by atoms with Gasteiger partial charge in [-0.3, -0.25) is 4.79 Å². The van der Waals surface area contributed by atoms with E-state index in [-0.39, 0.29) is 11.8 Å². The van der Waals surface area contributed by atoms with Gasteiger partial charge in [-0.05, 0) is 55.0 Å². The number of sulfonamides is 1. The fourth-order valence-electron chi connectivity index (χ4n) is 4.15. The number of thiazole rings is 1. The molecule has 0 atom stereocenters. The number of para-hydroxylation sites is 1. The molecule has 2 heterocycles. The number of benzene rings is 2. The zero-order chi connectivity index (χ0) is 23.4. The molecule has 1 aliphatic rings. The molecule has 2 aromatic carbocycles. The molecule has 176 valence electrons. The van der Waals surface area contributed by atoms with Gasteiger partial charge in [0.1, 0.15) is 0 Å². The van der Waals surface area contributed by atoms with Gasteiger partial charge in [0.05, 0.1) is 20.1 Å². The highest BCUT2D eigenvalue weighted by Crippen LogP contribution is 2.26. The van der Waals surface area contributed by atoms with Crippen molar-refractivity contribution in [3.8, 4) is 0 Å². The van der Waals surface area contributed by atoms with E-state index < -0.39 is 10.0 Å². The number of carbonyl (C=O) groups excluding carboxylic acids is 1. The molecule has 1 saturated heterocycles. The maximum Gasteiger partial charge on any atom is 0.243 e. The Morgan fingerprint density at radius 1 is 1.12 bits per heavy atom. The van der Waals surface area contributed by atoms with E-state index in [0.717, 1.165) is 28.9 Å². The van der Waals surface area contributed by atoms with Crippen LogP contribution in [-0.4, -0.2) is 43.2 Å². The Kier molecular flexibility index (Phi) is 7.46. The predicted molar refractivity (Wildman–Crippen MR) is 133 cm³/mol. The Labute approximate surface area is 200 Å². The van der Waals surface area contributed by atoms with E-state index in [1.807, 2.05) is 30.3 Å². The monoisotopic (exact) mass is 485 g/mol. The number of hydrogen-bond acceptors (Lipinski definition) is 5. The molecule has 0 saturated carbocycles. The van der Waals surface area contributed by atoms with Crippen LogP contribution in [0.1, 0.15) is 49.6 Å². The number of nitrogens with one attached hydrogen (secondary N) is 1. The Hall–Kier alpha value is -2.29. The van der Waals surface area contributed by atoms with Gasteiger partial charge in [-0.25, -0.2) is 13.4 Å². The van der Waals surface area contributed by atoms with Crippen LogP contribution in [0.5, 0.6) is 0 Å². The molecule has 1 aliphatic heterocycles. The van der Waals surface area contributed by atoms with Crippen LogP contribution in [0.3, 0.4) is 0 Å². The van der Waals surface area contributed by atoms with Crippen LogP contribution in [0, 0.1) is 5.92 Å². The van der Waals surface area contributed by atoms with E-state index in [0.29, 0.717) is 43.3 Å². The second-order valence-electron chi connectivity index (χ2n) is 8.87. The molecule has 0 radical (unpaired) electrons. The molecule has 0 bridgehead atoms. The summed E-state index contributed by atoms with van der Waals surface area (Å²) in [5.74, 6) is 0.247. The summed E-state index contributed by atoms with van der Waals surface area (Å²) in [6.45, 7) is 5.52. The summed E-state index contributed by atoms with van der Waals surface area (Å²) in [4.78, 5) is 17.5. The fraction of sp³-hybridized carbons (Fsp3) is 0.440. The first-order chi connectivity index (χ1) is 15.8. The molecule has 0 unspecified atom stereocenters. The highest BCUT2D eigenvalue weighted by molar-refractivity contribution is 7.89. The van der Waals surface area contributed by atoms with Crippen molar-refractivity contribution in [1.29, 1.82) is 0 Å². The van der Waals surface area contributed by atoms with Gasteiger partial charge in [0.15, 0.2) is 0 Å². The van der Waals surface area contributed by atoms with E-state index in [4.69, 9.17) is 0 Å². The number of fused-ring (bicyclic) bond motifs is 1. The van der Waals surface area contributed by atoms with Crippen molar-refractivity contribution in [2.45, 2.75) is 50.3 Å². The van der Waals surface area contributed by atoms with Crippen LogP contribution in [0.15, 0.2) is 53.4 Å². The lowest BCUT2D eigenvalue weighted by molar-refractivity contribution is -0.126. The molecule has 6 nitrogen and oxygen atoms in total. The SMILES string of the molecule is CC(C)c1ccc(S(=O)(=O)N2CCC(C(=O)NCCCc3nc4ccccc4s3)CC2)cc1. The van der Waals surface area contributed by atoms with E-state index in [9.17, 15) is 13.2 Å². The highest BCUT2D eigenvalue weighted by atomic mass is 32.2. The van der Waals surface area contributed by atoms with Crippen molar-refractivity contribution in [3.63, 3.8) is 0 Å². The molecule has 1 N–H and O–H groups in total. The zero-order valence-corrected chi connectivity index (χ0v) is 20.8. The number of amides is 1. The minimum atomic E-state index is -3.52. The van der Waals surface area contributed by atoms with Gasteiger partial charge in [0.2, 0.25) is 15.9 Å². The molecule has 1 fully saturated rings. The smallest absolute Gasteiger partial charge is 0.243 e. The van der Waals surface area contributed by atoms with E-state index >= 15 is 0 Å². The summed E-state index contributed by atoms with van der Waals surface area (Å²) >= 11 is 1.70. The van der Waals surface area contributed by atoms with Gasteiger partial charge in [0.25, 0.3) is 0 Å². The molecule has 1 amide bonds. The number of aryl methyl sites for hydroxylation is 1. The Morgan fingerprint density at radius 3 is 2.48 bits per heavy atom. The summed E-state index contributed by atoms with van der Waals surface area (Å²) in [7, 11) is -3.52. The van der Waals surface area contributed by atoms with Gasteiger partial charge < -0.3 is 5.32 Å². The lowest BCUT2D eigenvalue weighted by Gasteiger charge is -2.30. The van der Waals surface area contributed by atoms with Gasteiger partial charge in [-0.15, -0.1) is 11.3 Å². The second kappa shape index (κ2) is 10.3. The van der Waals surface area contributed by atoms with Crippen molar-refractivity contribution in [3.05, 3.63) is 59.1 Å². The van der Waals surface area contributed by atoms with Crippen molar-refractivity contribution in [2.75, 3.05) is 19.6 Å². The van der Waals surface area contributed by atoms with E-state index in [1.54, 1.807) is 23.5 Å². The number of hydrogen-bond donors (Lipinski definition) is 1. The van der Waals surface area contributed by atoms with Gasteiger partial charge in [0, 0.05) is 32.0 Å². The van der Waals surface area contributed by atoms with Crippen molar-refractivity contribution in [2.24, 2.45) is 5.92 Å². The molecule has 0 aliphatic carbocycles. The Balaban J connectivity index is 1.22. The molecular formula is C25H31N3O3S2. The largest absolute Gasteiger partial charge is 0.356 e. The first kappa shape index (κ1) is 23.9. The van der Waals surface area contributed by atoms with Crippen LogP contribution in [0.4, 0.5) is 0 Å². The van der Waals surface area contributed by atoms with Crippen LogP contribution >= 0.6 is 11.3 Å². The maximum absolute atomic E-state index is 13.0. The first-order valence-corrected chi connectivity index (χ1v) is 13.8. The standard InChI is InChI=1S/C25H31N3O3S2/c1-18(2)19-9-11-21(12-10-19)33(30,31)28-16-13-20(14-17-28)25(29)26-15-5-8-24-27-22-6-3-4-7-23(22)32-24/h3-4,6-7,9-12,18,20H,5,8,13-17H2,1-2H3,(H,26,29). The molecule has 0 spiro atoms. The molecular weight excluding hydrogens is 454 g/mol. The fourth-order valence-corrected chi connectivity index (χ4v) is 6.63. The third-order valence-corrected chi connectivity index (χ3v) is 9.22. The van der Waals surface area contributed by atoms with Gasteiger partial charge in [-0.1, -0.05) is 38.1 Å². The lowest BCUT2D eigenvalue weighted by Crippen LogP contribution is -2.43. The molecule has 4 rings (SSSR count). The van der Waals surface area contributed by atoms with E-state index in [2.05, 4.69) is 30.2 Å². The zero-order valence-electron chi connectivity index (χ0n) is 19.2. The third-order valence-electron chi connectivity index (χ3n) is 6.21. The number of aromatic nitrogens is 1. The van der Waals surface area contributed by atoms with E-state index in [1.165, 1.54) is 9.01 Å². The molecule has 3 aromatic rings. The van der Waals surface area contributed by atoms with Crippen molar-refractivity contribution >= 4 is 37.5 Å². The highest BCUT2D eigenvalue weighted by Gasteiger charge is 2.32. The predicted octanol–water partition coefficient (Wildman–Crippen LogP) is 4.57. The minimum absolute atomic E-state index is 0.0256. The van der Waals surface area contributed by atoms with Crippen molar-refractivity contribution in [1.82, 2.24) is 14.6 Å². The number of carbonyl (C=O) groups is 1. The van der Waals surface area contributed by atoms with Crippen LogP contribution in [0.25, 0.3) is 10.2 Å². The van der Waals surface area contributed by atoms with Crippen LogP contribution in [0.2, 0.25) is 0 Å². The molecule has 8 heteroatoms. The average molecular weight is 486 g/mol. The quantitative estimate of drug-likeness (QED) is 0.474. The van der Waals surface area contributed by atoms with Gasteiger partial charge >= 0.3 is 0 Å². The summed E-state index contributed by atoms with van der Waals surface area (Å²) in [5.41, 5.74) is 2.14.